The maximum Gasteiger partial charge on any atom is 0.0313 e. The lowest BCUT2D eigenvalue weighted by Crippen LogP contribution is -2.05. The molecule has 0 spiro atoms. The van der Waals surface area contributed by atoms with Crippen molar-refractivity contribution in [3.8, 4) is 0 Å². The van der Waals surface area contributed by atoms with Gasteiger partial charge in [-0.05, 0) is 30.5 Å². The van der Waals surface area contributed by atoms with E-state index in [0.29, 0.717) is 5.92 Å². The zero-order chi connectivity index (χ0) is 8.97. The van der Waals surface area contributed by atoms with Crippen LogP contribution in [-0.4, -0.2) is 11.5 Å². The molecule has 0 radical (unpaired) electrons. The molecule has 1 rings (SSSR count). The highest BCUT2D eigenvalue weighted by Crippen LogP contribution is 2.25. The second kappa shape index (κ2) is 4.58. The minimum absolute atomic E-state index is 0.484. The zero-order valence-electron chi connectivity index (χ0n) is 7.13. The molecule has 0 aromatic carbocycles. The second-order valence-corrected chi connectivity index (χ2v) is 3.73. The molecule has 0 aliphatic rings. The van der Waals surface area contributed by atoms with Gasteiger partial charge in [-0.1, -0.05) is 22.9 Å². The van der Waals surface area contributed by atoms with E-state index in [1.54, 1.807) is 6.20 Å². The van der Waals surface area contributed by atoms with Gasteiger partial charge in [-0.25, -0.2) is 0 Å². The molecular formula is C9H13BrN2. The number of rotatable bonds is 3. The highest BCUT2D eigenvalue weighted by atomic mass is 79.9. The summed E-state index contributed by atoms with van der Waals surface area (Å²) in [4.78, 5) is 4.08. The lowest BCUT2D eigenvalue weighted by atomic mass is 10.00. The molecule has 0 bridgehead atoms. The summed E-state index contributed by atoms with van der Waals surface area (Å²) in [6.07, 6.45) is 4.68. The first-order valence-corrected chi connectivity index (χ1v) is 4.84. The van der Waals surface area contributed by atoms with Crippen LogP contribution in [0.25, 0.3) is 0 Å². The van der Waals surface area contributed by atoms with E-state index in [4.69, 9.17) is 5.73 Å². The van der Waals surface area contributed by atoms with Crippen LogP contribution in [0.1, 0.15) is 24.8 Å². The first-order chi connectivity index (χ1) is 5.75. The molecule has 12 heavy (non-hydrogen) atoms. The monoisotopic (exact) mass is 228 g/mol. The highest BCUT2D eigenvalue weighted by Gasteiger charge is 2.07. The van der Waals surface area contributed by atoms with Crippen molar-refractivity contribution in [3.63, 3.8) is 0 Å². The van der Waals surface area contributed by atoms with Gasteiger partial charge in [-0.15, -0.1) is 0 Å². The average molecular weight is 229 g/mol. The molecule has 1 unspecified atom stereocenters. The number of hydrogen-bond acceptors (Lipinski definition) is 2. The van der Waals surface area contributed by atoms with Crippen molar-refractivity contribution in [1.29, 1.82) is 0 Å². The molecule has 0 saturated heterocycles. The molecule has 0 fully saturated rings. The average Bonchev–Trinajstić information content (AvgIpc) is 2.05. The van der Waals surface area contributed by atoms with Crippen molar-refractivity contribution < 1.29 is 0 Å². The van der Waals surface area contributed by atoms with Gasteiger partial charge in [-0.2, -0.15) is 0 Å². The predicted octanol–water partition coefficient (Wildman–Crippen LogP) is 2.30. The number of aromatic nitrogens is 1. The van der Waals surface area contributed by atoms with E-state index in [0.717, 1.165) is 17.4 Å². The van der Waals surface area contributed by atoms with Crippen LogP contribution >= 0.6 is 15.9 Å². The molecule has 66 valence electrons. The molecule has 1 heterocycles. The molecule has 0 aliphatic carbocycles. The van der Waals surface area contributed by atoms with Gasteiger partial charge in [-0.3, -0.25) is 4.98 Å². The van der Waals surface area contributed by atoms with Crippen molar-refractivity contribution in [1.82, 2.24) is 4.98 Å². The second-order valence-electron chi connectivity index (χ2n) is 2.88. The predicted molar refractivity (Wildman–Crippen MR) is 54.0 cm³/mol. The van der Waals surface area contributed by atoms with E-state index in [-0.39, 0.29) is 0 Å². The first-order valence-electron chi connectivity index (χ1n) is 4.05. The smallest absolute Gasteiger partial charge is 0.0313 e. The summed E-state index contributed by atoms with van der Waals surface area (Å²) in [5.41, 5.74) is 6.72. The highest BCUT2D eigenvalue weighted by molar-refractivity contribution is 9.10. The van der Waals surface area contributed by atoms with Crippen LogP contribution in [0.3, 0.4) is 0 Å². The zero-order valence-corrected chi connectivity index (χ0v) is 8.71. The van der Waals surface area contributed by atoms with E-state index in [1.807, 2.05) is 12.3 Å². The van der Waals surface area contributed by atoms with Crippen LogP contribution < -0.4 is 5.73 Å². The molecule has 0 saturated carbocycles. The molecule has 1 aromatic heterocycles. The van der Waals surface area contributed by atoms with Crippen LogP contribution in [0, 0.1) is 0 Å². The van der Waals surface area contributed by atoms with E-state index in [1.165, 1.54) is 5.56 Å². The summed E-state index contributed by atoms with van der Waals surface area (Å²) in [5.74, 6) is 0.484. The van der Waals surface area contributed by atoms with Crippen molar-refractivity contribution in [2.24, 2.45) is 5.73 Å². The maximum absolute atomic E-state index is 5.48. The standard InChI is InChI=1S/C9H13BrN2/c1-7(2-4-11)8-6-12-5-3-9(8)10/h3,5-7H,2,4,11H2,1H3. The van der Waals surface area contributed by atoms with E-state index < -0.39 is 0 Å². The van der Waals surface area contributed by atoms with Gasteiger partial charge in [0.2, 0.25) is 0 Å². The fourth-order valence-electron chi connectivity index (χ4n) is 1.16. The molecule has 1 atom stereocenters. The van der Waals surface area contributed by atoms with Crippen LogP contribution in [0.4, 0.5) is 0 Å². The van der Waals surface area contributed by atoms with Crippen LogP contribution in [0.5, 0.6) is 0 Å². The lowest BCUT2D eigenvalue weighted by Gasteiger charge is -2.11. The summed E-state index contributed by atoms with van der Waals surface area (Å²) in [6, 6.07) is 1.96. The summed E-state index contributed by atoms with van der Waals surface area (Å²) >= 11 is 3.49. The largest absolute Gasteiger partial charge is 0.330 e. The molecule has 0 amide bonds. The number of nitrogens with two attached hydrogens (primary N) is 1. The van der Waals surface area contributed by atoms with Gasteiger partial charge in [0.1, 0.15) is 0 Å². The fourth-order valence-corrected chi connectivity index (χ4v) is 1.77. The number of halogens is 1. The Morgan fingerprint density at radius 1 is 1.67 bits per heavy atom. The summed E-state index contributed by atoms with van der Waals surface area (Å²) in [7, 11) is 0. The molecule has 2 nitrogen and oxygen atoms in total. The third-order valence-corrected chi connectivity index (χ3v) is 2.65. The number of nitrogens with zero attached hydrogens (tertiary/aromatic N) is 1. The molecule has 1 aromatic rings. The Morgan fingerprint density at radius 2 is 2.42 bits per heavy atom. The van der Waals surface area contributed by atoms with Gasteiger partial charge in [0.05, 0.1) is 0 Å². The first kappa shape index (κ1) is 9.68. The quantitative estimate of drug-likeness (QED) is 0.863. The summed E-state index contributed by atoms with van der Waals surface area (Å²) in [6.45, 7) is 2.89. The molecule has 2 N–H and O–H groups in total. The number of pyridine rings is 1. The minimum atomic E-state index is 0.484. The third kappa shape index (κ3) is 2.29. The number of hydrogen-bond donors (Lipinski definition) is 1. The van der Waals surface area contributed by atoms with Gasteiger partial charge >= 0.3 is 0 Å². The Labute approximate surface area is 81.3 Å². The molecule has 0 aliphatic heterocycles. The Morgan fingerprint density at radius 3 is 3.00 bits per heavy atom. The fraction of sp³-hybridized carbons (Fsp3) is 0.444. The topological polar surface area (TPSA) is 38.9 Å². The van der Waals surface area contributed by atoms with Crippen LogP contribution in [0.15, 0.2) is 22.9 Å². The Balaban J connectivity index is 2.79. The maximum atomic E-state index is 5.48. The van der Waals surface area contributed by atoms with E-state index in [2.05, 4.69) is 27.8 Å². The van der Waals surface area contributed by atoms with Crippen LogP contribution in [-0.2, 0) is 0 Å². The lowest BCUT2D eigenvalue weighted by molar-refractivity contribution is 0.684. The molecular weight excluding hydrogens is 216 g/mol. The van der Waals surface area contributed by atoms with Gasteiger partial charge in [0.25, 0.3) is 0 Å². The van der Waals surface area contributed by atoms with Crippen molar-refractivity contribution in [3.05, 3.63) is 28.5 Å². The Kier molecular flexibility index (Phi) is 3.69. The van der Waals surface area contributed by atoms with E-state index >= 15 is 0 Å². The summed E-state index contributed by atoms with van der Waals surface area (Å²) in [5, 5.41) is 0. The Hall–Kier alpha value is -0.410. The SMILES string of the molecule is CC(CCN)c1cnccc1Br. The summed E-state index contributed by atoms with van der Waals surface area (Å²) < 4.78 is 1.12. The van der Waals surface area contributed by atoms with Crippen molar-refractivity contribution in [2.45, 2.75) is 19.3 Å². The van der Waals surface area contributed by atoms with E-state index in [9.17, 15) is 0 Å². The minimum Gasteiger partial charge on any atom is -0.330 e. The normalized spacial score (nSPS) is 12.9. The van der Waals surface area contributed by atoms with Crippen LogP contribution in [0.2, 0.25) is 0 Å². The van der Waals surface area contributed by atoms with Crippen molar-refractivity contribution >= 4 is 15.9 Å². The molecule has 3 heteroatoms. The van der Waals surface area contributed by atoms with Gasteiger partial charge in [0.15, 0.2) is 0 Å². The van der Waals surface area contributed by atoms with Crippen molar-refractivity contribution in [2.75, 3.05) is 6.54 Å². The Bertz CT molecular complexity index is 250. The third-order valence-electron chi connectivity index (χ3n) is 1.93. The van der Waals surface area contributed by atoms with Gasteiger partial charge < -0.3 is 5.73 Å². The van der Waals surface area contributed by atoms with Gasteiger partial charge in [0, 0.05) is 16.9 Å².